The Kier molecular flexibility index (Phi) is 5.90. The van der Waals surface area contributed by atoms with E-state index in [-0.39, 0.29) is 6.10 Å². The molecule has 1 aliphatic carbocycles. The van der Waals surface area contributed by atoms with Crippen LogP contribution in [0.25, 0.3) is 0 Å². The van der Waals surface area contributed by atoms with Gasteiger partial charge in [-0.15, -0.1) is 0 Å². The monoisotopic (exact) mass is 243 g/mol. The molecule has 0 aromatic heterocycles. The van der Waals surface area contributed by atoms with Crippen molar-refractivity contribution in [3.8, 4) is 0 Å². The fourth-order valence-electron chi connectivity index (χ4n) is 2.76. The van der Waals surface area contributed by atoms with Gasteiger partial charge in [-0.3, -0.25) is 0 Å². The molecule has 0 saturated heterocycles. The lowest BCUT2D eigenvalue weighted by Gasteiger charge is -2.32. The second kappa shape index (κ2) is 6.72. The van der Waals surface area contributed by atoms with E-state index in [0.717, 1.165) is 32.4 Å². The first-order chi connectivity index (χ1) is 7.92. The van der Waals surface area contributed by atoms with Crippen molar-refractivity contribution >= 4 is 0 Å². The molecule has 0 amide bonds. The summed E-state index contributed by atoms with van der Waals surface area (Å²) in [4.78, 5) is 2.26. The maximum atomic E-state index is 10.1. The fraction of sp³-hybridized carbons (Fsp3) is 1.00. The van der Waals surface area contributed by atoms with Gasteiger partial charge < -0.3 is 15.1 Å². The molecular formula is C14H29NO2. The first kappa shape index (κ1) is 14.9. The lowest BCUT2D eigenvalue weighted by Crippen LogP contribution is -2.42. The molecule has 1 rings (SSSR count). The summed E-state index contributed by atoms with van der Waals surface area (Å²) >= 11 is 0. The van der Waals surface area contributed by atoms with Crippen molar-refractivity contribution < 1.29 is 10.2 Å². The minimum atomic E-state index is -0.647. The average molecular weight is 243 g/mol. The summed E-state index contributed by atoms with van der Waals surface area (Å²) in [5.74, 6) is 0.389. The number of hydrogen-bond donors (Lipinski definition) is 2. The zero-order valence-corrected chi connectivity index (χ0v) is 11.7. The Bertz CT molecular complexity index is 213. The highest BCUT2D eigenvalue weighted by Crippen LogP contribution is 2.24. The molecule has 0 heterocycles. The molecule has 0 aromatic carbocycles. The van der Waals surface area contributed by atoms with E-state index in [9.17, 15) is 10.2 Å². The van der Waals surface area contributed by atoms with E-state index < -0.39 is 5.60 Å². The predicted octanol–water partition coefficient (Wildman–Crippen LogP) is 2.02. The molecule has 0 bridgehead atoms. The third kappa shape index (κ3) is 5.84. The highest BCUT2D eigenvalue weighted by molar-refractivity contribution is 4.79. The molecular weight excluding hydrogens is 214 g/mol. The number of nitrogens with zero attached hydrogens (tertiary/aromatic N) is 1. The number of rotatable bonds is 5. The van der Waals surface area contributed by atoms with Crippen LogP contribution in [0, 0.1) is 5.92 Å². The van der Waals surface area contributed by atoms with E-state index in [1.54, 1.807) is 0 Å². The predicted molar refractivity (Wildman–Crippen MR) is 71.0 cm³/mol. The third-order valence-corrected chi connectivity index (χ3v) is 3.67. The highest BCUT2D eigenvalue weighted by atomic mass is 16.3. The van der Waals surface area contributed by atoms with Gasteiger partial charge in [-0.1, -0.05) is 26.2 Å². The summed E-state index contributed by atoms with van der Waals surface area (Å²) in [5.41, 5.74) is -0.647. The topological polar surface area (TPSA) is 43.7 Å². The van der Waals surface area contributed by atoms with Crippen molar-refractivity contribution in [2.24, 2.45) is 5.92 Å². The van der Waals surface area contributed by atoms with Gasteiger partial charge in [0.05, 0.1) is 11.7 Å². The van der Waals surface area contributed by atoms with Crippen molar-refractivity contribution in [1.29, 1.82) is 0 Å². The van der Waals surface area contributed by atoms with Crippen molar-refractivity contribution in [2.75, 3.05) is 19.6 Å². The fourth-order valence-corrected chi connectivity index (χ4v) is 2.76. The van der Waals surface area contributed by atoms with Crippen LogP contribution in [-0.2, 0) is 0 Å². The maximum absolute atomic E-state index is 10.1. The Morgan fingerprint density at radius 1 is 1.18 bits per heavy atom. The second-order valence-electron chi connectivity index (χ2n) is 6.11. The summed E-state index contributed by atoms with van der Waals surface area (Å²) in [6, 6.07) is 0. The molecule has 2 unspecified atom stereocenters. The van der Waals surface area contributed by atoms with Crippen molar-refractivity contribution in [3.05, 3.63) is 0 Å². The van der Waals surface area contributed by atoms with E-state index in [1.165, 1.54) is 12.8 Å². The van der Waals surface area contributed by atoms with Crippen LogP contribution in [0.15, 0.2) is 0 Å². The van der Waals surface area contributed by atoms with Gasteiger partial charge in [-0.2, -0.15) is 0 Å². The molecule has 0 spiro atoms. The molecule has 3 heteroatoms. The van der Waals surface area contributed by atoms with Crippen molar-refractivity contribution in [3.63, 3.8) is 0 Å². The summed E-state index contributed by atoms with van der Waals surface area (Å²) in [6.07, 6.45) is 5.59. The van der Waals surface area contributed by atoms with Crippen LogP contribution < -0.4 is 0 Å². The first-order valence-electron chi connectivity index (χ1n) is 7.05. The van der Waals surface area contributed by atoms with Crippen LogP contribution in [0.5, 0.6) is 0 Å². The largest absolute Gasteiger partial charge is 0.393 e. The molecule has 2 atom stereocenters. The molecule has 1 saturated carbocycles. The molecule has 0 radical (unpaired) electrons. The van der Waals surface area contributed by atoms with Crippen LogP contribution >= 0.6 is 0 Å². The van der Waals surface area contributed by atoms with Crippen molar-refractivity contribution in [1.82, 2.24) is 4.90 Å². The van der Waals surface area contributed by atoms with Gasteiger partial charge in [0.2, 0.25) is 0 Å². The van der Waals surface area contributed by atoms with Crippen LogP contribution in [0.4, 0.5) is 0 Å². The summed E-state index contributed by atoms with van der Waals surface area (Å²) in [5, 5.41) is 20.0. The standard InChI is InChI=1S/C14H29NO2/c1-4-15(11-14(2,3)17)10-12-8-6-5-7-9-13(12)16/h12-13,16-17H,4-11H2,1-3H3. The van der Waals surface area contributed by atoms with E-state index in [4.69, 9.17) is 0 Å². The van der Waals surface area contributed by atoms with Gasteiger partial charge in [0.25, 0.3) is 0 Å². The molecule has 0 aromatic rings. The van der Waals surface area contributed by atoms with Gasteiger partial charge in [-0.05, 0) is 39.2 Å². The van der Waals surface area contributed by atoms with E-state index in [0.29, 0.717) is 12.5 Å². The van der Waals surface area contributed by atoms with E-state index >= 15 is 0 Å². The molecule has 2 N–H and O–H groups in total. The third-order valence-electron chi connectivity index (χ3n) is 3.67. The van der Waals surface area contributed by atoms with E-state index in [1.807, 2.05) is 13.8 Å². The normalized spacial score (nSPS) is 27.2. The zero-order chi connectivity index (χ0) is 12.9. The zero-order valence-electron chi connectivity index (χ0n) is 11.7. The van der Waals surface area contributed by atoms with Crippen LogP contribution in [0.3, 0.4) is 0 Å². The van der Waals surface area contributed by atoms with Crippen molar-refractivity contribution in [2.45, 2.75) is 64.6 Å². The van der Waals surface area contributed by atoms with E-state index in [2.05, 4.69) is 11.8 Å². The van der Waals surface area contributed by atoms with Gasteiger partial charge in [-0.25, -0.2) is 0 Å². The highest BCUT2D eigenvalue weighted by Gasteiger charge is 2.25. The lowest BCUT2D eigenvalue weighted by atomic mass is 9.96. The van der Waals surface area contributed by atoms with Gasteiger partial charge in [0.15, 0.2) is 0 Å². The summed E-state index contributed by atoms with van der Waals surface area (Å²) in [7, 11) is 0. The van der Waals surface area contributed by atoms with Gasteiger partial charge in [0, 0.05) is 13.1 Å². The number of aliphatic hydroxyl groups excluding tert-OH is 1. The lowest BCUT2D eigenvalue weighted by molar-refractivity contribution is 0.0165. The number of aliphatic hydroxyl groups is 2. The molecule has 3 nitrogen and oxygen atoms in total. The Morgan fingerprint density at radius 3 is 2.41 bits per heavy atom. The maximum Gasteiger partial charge on any atom is 0.0718 e. The molecule has 17 heavy (non-hydrogen) atoms. The SMILES string of the molecule is CCN(CC1CCCCCC1O)CC(C)(C)O. The molecule has 1 fully saturated rings. The summed E-state index contributed by atoms with van der Waals surface area (Å²) in [6.45, 7) is 8.36. The Morgan fingerprint density at radius 2 is 1.82 bits per heavy atom. The average Bonchev–Trinajstić information content (AvgIpc) is 2.41. The molecule has 1 aliphatic rings. The Labute approximate surface area is 106 Å². The van der Waals surface area contributed by atoms with Crippen LogP contribution in [0.2, 0.25) is 0 Å². The first-order valence-corrected chi connectivity index (χ1v) is 7.05. The number of hydrogen-bond acceptors (Lipinski definition) is 3. The second-order valence-corrected chi connectivity index (χ2v) is 6.11. The van der Waals surface area contributed by atoms with Gasteiger partial charge >= 0.3 is 0 Å². The molecule has 102 valence electrons. The Balaban J connectivity index is 2.48. The minimum Gasteiger partial charge on any atom is -0.393 e. The quantitative estimate of drug-likeness (QED) is 0.726. The smallest absolute Gasteiger partial charge is 0.0718 e. The van der Waals surface area contributed by atoms with Crippen LogP contribution in [-0.4, -0.2) is 46.5 Å². The number of likely N-dealkylation sites (N-methyl/N-ethyl adjacent to an activating group) is 1. The minimum absolute atomic E-state index is 0.145. The summed E-state index contributed by atoms with van der Waals surface area (Å²) < 4.78 is 0. The molecule has 0 aliphatic heterocycles. The van der Waals surface area contributed by atoms with Gasteiger partial charge in [0.1, 0.15) is 0 Å². The van der Waals surface area contributed by atoms with Crippen LogP contribution in [0.1, 0.15) is 52.9 Å². The Hall–Kier alpha value is -0.120.